The monoisotopic (exact) mass is 280 g/mol. The number of hydrogen-bond donors (Lipinski definition) is 1. The molecule has 0 aliphatic heterocycles. The number of thioether (sulfide) groups is 1. The Morgan fingerprint density at radius 3 is 2.56 bits per heavy atom. The maximum absolute atomic E-state index is 11.8. The Hall–Kier alpha value is -1.47. The van der Waals surface area contributed by atoms with Crippen LogP contribution in [0.4, 0.5) is 0 Å². The standard InChI is InChI=1S/C12H12N2O2S2/c1-2-8-17-9-7-14-18(15,16)12-5-3-11(10-13)4-6-12/h1,3-6,14H,7-9H2. The number of hydrogen-bond acceptors (Lipinski definition) is 4. The van der Waals surface area contributed by atoms with Crippen LogP contribution in [-0.4, -0.2) is 26.5 Å². The van der Waals surface area contributed by atoms with Crippen molar-refractivity contribution < 1.29 is 8.42 Å². The van der Waals surface area contributed by atoms with E-state index in [1.54, 1.807) is 0 Å². The average Bonchev–Trinajstić information content (AvgIpc) is 2.38. The highest BCUT2D eigenvalue weighted by atomic mass is 32.2. The van der Waals surface area contributed by atoms with Crippen molar-refractivity contribution in [1.82, 2.24) is 4.72 Å². The van der Waals surface area contributed by atoms with Crippen molar-refractivity contribution >= 4 is 21.8 Å². The molecule has 0 aromatic heterocycles. The first kappa shape index (κ1) is 14.6. The fourth-order valence-electron chi connectivity index (χ4n) is 1.17. The Labute approximate surface area is 111 Å². The zero-order valence-corrected chi connectivity index (χ0v) is 11.2. The minimum Gasteiger partial charge on any atom is -0.210 e. The van der Waals surface area contributed by atoms with Crippen LogP contribution < -0.4 is 4.72 Å². The van der Waals surface area contributed by atoms with Gasteiger partial charge in [0.2, 0.25) is 10.0 Å². The fraction of sp³-hybridized carbons (Fsp3) is 0.250. The predicted octanol–water partition coefficient (Wildman–Crippen LogP) is 1.20. The van der Waals surface area contributed by atoms with Gasteiger partial charge >= 0.3 is 0 Å². The third-order valence-electron chi connectivity index (χ3n) is 2.02. The Bertz CT molecular complexity index is 566. The van der Waals surface area contributed by atoms with E-state index in [0.29, 0.717) is 23.6 Å². The van der Waals surface area contributed by atoms with Gasteiger partial charge in [-0.25, -0.2) is 13.1 Å². The SMILES string of the molecule is C#CCSCCNS(=O)(=O)c1ccc(C#N)cc1. The summed E-state index contributed by atoms with van der Waals surface area (Å²) in [5.41, 5.74) is 0.429. The van der Waals surface area contributed by atoms with Crippen LogP contribution in [-0.2, 0) is 10.0 Å². The van der Waals surface area contributed by atoms with Crippen LogP contribution >= 0.6 is 11.8 Å². The second-order valence-electron chi connectivity index (χ2n) is 3.29. The third-order valence-corrected chi connectivity index (χ3v) is 4.36. The summed E-state index contributed by atoms with van der Waals surface area (Å²) >= 11 is 1.49. The summed E-state index contributed by atoms with van der Waals surface area (Å²) in [6.45, 7) is 0.328. The minimum atomic E-state index is -3.50. The van der Waals surface area contributed by atoms with Crippen LogP contribution in [0.25, 0.3) is 0 Å². The van der Waals surface area contributed by atoms with Crippen LogP contribution in [0.3, 0.4) is 0 Å². The predicted molar refractivity (Wildman–Crippen MR) is 72.5 cm³/mol. The van der Waals surface area contributed by atoms with E-state index in [9.17, 15) is 8.42 Å². The van der Waals surface area contributed by atoms with Crippen molar-refractivity contribution in [2.45, 2.75) is 4.90 Å². The van der Waals surface area contributed by atoms with E-state index >= 15 is 0 Å². The third kappa shape index (κ3) is 4.42. The molecular weight excluding hydrogens is 268 g/mol. The van der Waals surface area contributed by atoms with E-state index in [1.807, 2.05) is 6.07 Å². The maximum Gasteiger partial charge on any atom is 0.240 e. The van der Waals surface area contributed by atoms with Gasteiger partial charge in [0, 0.05) is 12.3 Å². The lowest BCUT2D eigenvalue weighted by atomic mass is 10.2. The first-order valence-corrected chi connectivity index (χ1v) is 7.75. The van der Waals surface area contributed by atoms with Gasteiger partial charge in [-0.15, -0.1) is 18.2 Å². The molecule has 1 aromatic carbocycles. The lowest BCUT2D eigenvalue weighted by Gasteiger charge is -2.05. The quantitative estimate of drug-likeness (QED) is 0.628. The molecule has 0 saturated carbocycles. The summed E-state index contributed by atoms with van der Waals surface area (Å²) in [6, 6.07) is 7.71. The molecular formula is C12H12N2O2S2. The van der Waals surface area contributed by atoms with E-state index in [2.05, 4.69) is 10.6 Å². The van der Waals surface area contributed by atoms with E-state index in [1.165, 1.54) is 36.0 Å². The Morgan fingerprint density at radius 1 is 1.33 bits per heavy atom. The highest BCUT2D eigenvalue weighted by molar-refractivity contribution is 7.99. The largest absolute Gasteiger partial charge is 0.240 e. The van der Waals surface area contributed by atoms with Crippen molar-refractivity contribution in [3.8, 4) is 18.4 Å². The first-order valence-electron chi connectivity index (χ1n) is 5.11. The summed E-state index contributed by atoms with van der Waals surface area (Å²) in [7, 11) is -3.50. The molecule has 0 bridgehead atoms. The van der Waals surface area contributed by atoms with Crippen LogP contribution in [0.15, 0.2) is 29.2 Å². The van der Waals surface area contributed by atoms with Gasteiger partial charge in [0.1, 0.15) is 0 Å². The Balaban J connectivity index is 2.58. The number of benzene rings is 1. The van der Waals surface area contributed by atoms with Crippen molar-refractivity contribution in [2.24, 2.45) is 0 Å². The van der Waals surface area contributed by atoms with Crippen molar-refractivity contribution in [3.63, 3.8) is 0 Å². The van der Waals surface area contributed by atoms with Crippen LogP contribution in [0.5, 0.6) is 0 Å². The highest BCUT2D eigenvalue weighted by Crippen LogP contribution is 2.10. The van der Waals surface area contributed by atoms with Gasteiger partial charge in [-0.3, -0.25) is 0 Å². The molecule has 94 valence electrons. The molecule has 0 aliphatic rings. The van der Waals surface area contributed by atoms with Crippen molar-refractivity contribution in [2.75, 3.05) is 18.1 Å². The van der Waals surface area contributed by atoms with Gasteiger partial charge in [-0.1, -0.05) is 5.92 Å². The molecule has 4 nitrogen and oxygen atoms in total. The van der Waals surface area contributed by atoms with Gasteiger partial charge in [0.25, 0.3) is 0 Å². The summed E-state index contributed by atoms with van der Waals surface area (Å²) < 4.78 is 26.1. The van der Waals surface area contributed by atoms with E-state index in [-0.39, 0.29) is 4.90 Å². The van der Waals surface area contributed by atoms with E-state index in [0.717, 1.165) is 0 Å². The molecule has 0 atom stereocenters. The van der Waals surface area contributed by atoms with E-state index in [4.69, 9.17) is 11.7 Å². The number of terminal acetylenes is 1. The second kappa shape index (κ2) is 7.07. The van der Waals surface area contributed by atoms with Gasteiger partial charge < -0.3 is 0 Å². The summed E-state index contributed by atoms with van der Waals surface area (Å²) in [6.07, 6.45) is 5.08. The maximum atomic E-state index is 11.8. The molecule has 0 aliphatic carbocycles. The Morgan fingerprint density at radius 2 is 2.00 bits per heavy atom. The highest BCUT2D eigenvalue weighted by Gasteiger charge is 2.12. The molecule has 0 amide bonds. The molecule has 1 rings (SSSR count). The normalized spacial score (nSPS) is 10.6. The molecule has 0 heterocycles. The lowest BCUT2D eigenvalue weighted by molar-refractivity contribution is 0.584. The van der Waals surface area contributed by atoms with Crippen LogP contribution in [0.1, 0.15) is 5.56 Å². The second-order valence-corrected chi connectivity index (χ2v) is 6.16. The number of sulfonamides is 1. The minimum absolute atomic E-state index is 0.156. The molecule has 0 spiro atoms. The molecule has 0 fully saturated rings. The van der Waals surface area contributed by atoms with E-state index < -0.39 is 10.0 Å². The summed E-state index contributed by atoms with van der Waals surface area (Å²) in [4.78, 5) is 0.156. The zero-order chi connectivity index (χ0) is 13.4. The Kier molecular flexibility index (Phi) is 5.73. The van der Waals surface area contributed by atoms with Gasteiger partial charge in [-0.2, -0.15) is 5.26 Å². The zero-order valence-electron chi connectivity index (χ0n) is 9.59. The van der Waals surface area contributed by atoms with Gasteiger partial charge in [0.05, 0.1) is 22.3 Å². The van der Waals surface area contributed by atoms with Gasteiger partial charge in [0.15, 0.2) is 0 Å². The number of nitriles is 1. The summed E-state index contributed by atoms with van der Waals surface area (Å²) in [5, 5.41) is 8.62. The van der Waals surface area contributed by atoms with Crippen LogP contribution in [0, 0.1) is 23.7 Å². The molecule has 1 N–H and O–H groups in total. The summed E-state index contributed by atoms with van der Waals surface area (Å²) in [5.74, 6) is 3.66. The van der Waals surface area contributed by atoms with Gasteiger partial charge in [-0.05, 0) is 24.3 Å². The number of rotatable bonds is 6. The topological polar surface area (TPSA) is 70.0 Å². The molecule has 6 heteroatoms. The smallest absolute Gasteiger partial charge is 0.210 e. The average molecular weight is 280 g/mol. The molecule has 0 radical (unpaired) electrons. The van der Waals surface area contributed by atoms with Crippen LogP contribution in [0.2, 0.25) is 0 Å². The molecule has 0 unspecified atom stereocenters. The number of nitrogens with one attached hydrogen (secondary N) is 1. The number of nitrogens with zero attached hydrogens (tertiary/aromatic N) is 1. The fourth-order valence-corrected chi connectivity index (χ4v) is 2.84. The molecule has 0 saturated heterocycles. The van der Waals surface area contributed by atoms with Crippen molar-refractivity contribution in [3.05, 3.63) is 29.8 Å². The molecule has 1 aromatic rings. The lowest BCUT2D eigenvalue weighted by Crippen LogP contribution is -2.26. The first-order chi connectivity index (χ1) is 8.60. The van der Waals surface area contributed by atoms with Crippen molar-refractivity contribution in [1.29, 1.82) is 5.26 Å². The molecule has 18 heavy (non-hydrogen) atoms.